The fraction of sp³-hybridized carbons (Fsp3) is 0.714. The van der Waals surface area contributed by atoms with E-state index in [1.807, 2.05) is 13.8 Å². The number of aliphatic hydroxyl groups is 1. The number of ether oxygens (including phenoxy) is 2. The van der Waals surface area contributed by atoms with Crippen molar-refractivity contribution in [1.29, 1.82) is 0 Å². The van der Waals surface area contributed by atoms with Gasteiger partial charge in [-0.15, -0.1) is 0 Å². The largest absolute Gasteiger partial charge is 0.462 e. The quantitative estimate of drug-likeness (QED) is 0.633. The van der Waals surface area contributed by atoms with E-state index >= 15 is 0 Å². The minimum Gasteiger partial charge on any atom is -0.462 e. The highest BCUT2D eigenvalue weighted by molar-refractivity contribution is 5.98. The first-order valence-corrected chi connectivity index (χ1v) is 6.64. The third-order valence-electron chi connectivity index (χ3n) is 5.88. The van der Waals surface area contributed by atoms with Crippen LogP contribution in [0.3, 0.4) is 0 Å². The molecule has 2 aliphatic heterocycles. The molecule has 5 atom stereocenters. The van der Waals surface area contributed by atoms with Crippen molar-refractivity contribution in [2.24, 2.45) is 16.7 Å². The van der Waals surface area contributed by atoms with Gasteiger partial charge in [-0.2, -0.15) is 0 Å². The molecule has 0 amide bonds. The fourth-order valence-electron chi connectivity index (χ4n) is 4.51. The molecule has 102 valence electrons. The van der Waals surface area contributed by atoms with E-state index in [1.165, 1.54) is 0 Å². The zero-order valence-electron chi connectivity index (χ0n) is 10.9. The Morgan fingerprint density at radius 1 is 1.37 bits per heavy atom. The molecule has 0 aromatic rings. The molecule has 2 bridgehead atoms. The lowest BCUT2D eigenvalue weighted by atomic mass is 9.53. The number of hydrogen-bond acceptors (Lipinski definition) is 5. The van der Waals surface area contributed by atoms with Gasteiger partial charge >= 0.3 is 5.97 Å². The summed E-state index contributed by atoms with van der Waals surface area (Å²) in [5, 5.41) is 10.9. The van der Waals surface area contributed by atoms with Crippen molar-refractivity contribution in [3.05, 3.63) is 11.6 Å². The van der Waals surface area contributed by atoms with E-state index < -0.39 is 23.1 Å². The maximum absolute atomic E-state index is 12.1. The third kappa shape index (κ3) is 0.933. The summed E-state index contributed by atoms with van der Waals surface area (Å²) in [6.07, 6.45) is 1.56. The number of cyclic esters (lactones) is 1. The second-order valence-corrected chi connectivity index (χ2v) is 6.52. The Labute approximate surface area is 110 Å². The summed E-state index contributed by atoms with van der Waals surface area (Å²) in [6, 6.07) is 0. The van der Waals surface area contributed by atoms with E-state index in [1.54, 1.807) is 6.08 Å². The number of allylic oxidation sites excluding steroid dienone is 1. The van der Waals surface area contributed by atoms with E-state index in [2.05, 4.69) is 0 Å². The minimum atomic E-state index is -1.65. The van der Waals surface area contributed by atoms with E-state index in [0.717, 1.165) is 5.57 Å². The van der Waals surface area contributed by atoms with Gasteiger partial charge in [0.25, 0.3) is 0 Å². The summed E-state index contributed by atoms with van der Waals surface area (Å²) in [4.78, 5) is 24.1. The highest BCUT2D eigenvalue weighted by Crippen LogP contribution is 2.66. The average molecular weight is 264 g/mol. The van der Waals surface area contributed by atoms with E-state index in [4.69, 9.17) is 9.47 Å². The Balaban J connectivity index is 1.99. The van der Waals surface area contributed by atoms with Gasteiger partial charge in [-0.05, 0) is 25.0 Å². The lowest BCUT2D eigenvalue weighted by Gasteiger charge is -2.48. The van der Waals surface area contributed by atoms with Crippen LogP contribution in [0.1, 0.15) is 20.3 Å². The molecular weight excluding hydrogens is 248 g/mol. The lowest BCUT2D eigenvalue weighted by Crippen LogP contribution is -2.61. The van der Waals surface area contributed by atoms with Gasteiger partial charge in [0.2, 0.25) is 5.60 Å². The Kier molecular flexibility index (Phi) is 1.79. The van der Waals surface area contributed by atoms with Gasteiger partial charge in [0.05, 0.1) is 18.1 Å². The molecule has 0 radical (unpaired) electrons. The number of carbonyl (C=O) groups is 2. The molecule has 5 heteroatoms. The number of ketones is 1. The molecule has 4 aliphatic rings. The van der Waals surface area contributed by atoms with E-state index in [0.29, 0.717) is 13.0 Å². The van der Waals surface area contributed by atoms with Crippen LogP contribution < -0.4 is 0 Å². The number of fused-ring (bicyclic) bond motifs is 4. The molecule has 0 aromatic heterocycles. The van der Waals surface area contributed by atoms with Crippen LogP contribution in [0.4, 0.5) is 0 Å². The Hall–Kier alpha value is -1.20. The number of carbonyl (C=O) groups excluding carboxylic acids is 2. The van der Waals surface area contributed by atoms with Crippen LogP contribution in [0.5, 0.6) is 0 Å². The normalized spacial score (nSPS) is 54.8. The van der Waals surface area contributed by atoms with Crippen LogP contribution in [-0.2, 0) is 19.1 Å². The first-order chi connectivity index (χ1) is 8.86. The summed E-state index contributed by atoms with van der Waals surface area (Å²) in [5.41, 5.74) is -2.00. The van der Waals surface area contributed by atoms with Crippen molar-refractivity contribution >= 4 is 11.8 Å². The second-order valence-electron chi connectivity index (χ2n) is 6.52. The van der Waals surface area contributed by atoms with Crippen LogP contribution in [0.15, 0.2) is 11.6 Å². The predicted octanol–water partition coefficient (Wildman–Crippen LogP) is 0.215. The van der Waals surface area contributed by atoms with Crippen molar-refractivity contribution in [3.8, 4) is 0 Å². The highest BCUT2D eigenvalue weighted by atomic mass is 16.6. The predicted molar refractivity (Wildman–Crippen MR) is 63.1 cm³/mol. The van der Waals surface area contributed by atoms with Gasteiger partial charge in [0, 0.05) is 11.3 Å². The van der Waals surface area contributed by atoms with Crippen LogP contribution in [0.2, 0.25) is 0 Å². The Morgan fingerprint density at radius 2 is 2.11 bits per heavy atom. The van der Waals surface area contributed by atoms with Gasteiger partial charge in [0.1, 0.15) is 6.61 Å². The molecule has 2 heterocycles. The molecule has 0 aromatic carbocycles. The van der Waals surface area contributed by atoms with Crippen molar-refractivity contribution in [1.82, 2.24) is 0 Å². The van der Waals surface area contributed by atoms with Crippen LogP contribution in [-0.4, -0.2) is 41.8 Å². The van der Waals surface area contributed by atoms with E-state index in [-0.39, 0.29) is 23.7 Å². The number of hydrogen-bond donors (Lipinski definition) is 1. The number of rotatable bonds is 0. The van der Waals surface area contributed by atoms with Crippen LogP contribution in [0, 0.1) is 16.7 Å². The summed E-state index contributed by atoms with van der Waals surface area (Å²) in [5.74, 6) is -0.711. The summed E-state index contributed by atoms with van der Waals surface area (Å²) in [7, 11) is 0. The zero-order chi connectivity index (χ0) is 13.6. The molecular formula is C14H16O5. The topological polar surface area (TPSA) is 72.8 Å². The van der Waals surface area contributed by atoms with Gasteiger partial charge in [-0.25, -0.2) is 4.79 Å². The summed E-state index contributed by atoms with van der Waals surface area (Å²) in [6.45, 7) is 4.24. The van der Waals surface area contributed by atoms with Crippen LogP contribution >= 0.6 is 0 Å². The molecule has 1 spiro atoms. The highest BCUT2D eigenvalue weighted by Gasteiger charge is 2.76. The first-order valence-electron chi connectivity index (χ1n) is 6.64. The lowest BCUT2D eigenvalue weighted by molar-refractivity contribution is -0.172. The molecule has 2 aliphatic carbocycles. The fourth-order valence-corrected chi connectivity index (χ4v) is 4.51. The van der Waals surface area contributed by atoms with Gasteiger partial charge in [0.15, 0.2) is 5.78 Å². The van der Waals surface area contributed by atoms with Crippen molar-refractivity contribution in [2.45, 2.75) is 32.0 Å². The summed E-state index contributed by atoms with van der Waals surface area (Å²) >= 11 is 0. The molecule has 1 saturated carbocycles. The third-order valence-corrected chi connectivity index (χ3v) is 5.88. The van der Waals surface area contributed by atoms with Gasteiger partial charge in [-0.3, -0.25) is 4.79 Å². The van der Waals surface area contributed by atoms with Crippen molar-refractivity contribution in [3.63, 3.8) is 0 Å². The Bertz CT molecular complexity index is 552. The minimum absolute atomic E-state index is 0.0593. The van der Waals surface area contributed by atoms with Gasteiger partial charge in [-0.1, -0.05) is 6.92 Å². The zero-order valence-corrected chi connectivity index (χ0v) is 10.9. The molecule has 3 fully saturated rings. The molecule has 0 unspecified atom stereocenters. The maximum Gasteiger partial charge on any atom is 0.342 e. The SMILES string of the molecule is C[C@H]1C(=O)C=C2[C@]13CO[C@H](C3)[C@@]1(O)C(=O)OC[C@@]21C. The molecule has 1 N–H and O–H groups in total. The molecule has 2 saturated heterocycles. The monoisotopic (exact) mass is 264 g/mol. The van der Waals surface area contributed by atoms with Crippen LogP contribution in [0.25, 0.3) is 0 Å². The maximum atomic E-state index is 12.1. The van der Waals surface area contributed by atoms with E-state index in [9.17, 15) is 14.7 Å². The Morgan fingerprint density at radius 3 is 2.84 bits per heavy atom. The standard InChI is InChI=1S/C14H16O5/c1-7-8(15)3-9-12(2)5-19-11(16)14(12,17)10-4-13(7,9)6-18-10/h3,7,10,17H,4-6H2,1-2H3/t7-,10+,12-,13+,14+/m0/s1. The molecule has 4 rings (SSSR count). The molecule has 19 heavy (non-hydrogen) atoms. The second kappa shape index (κ2) is 2.94. The smallest absolute Gasteiger partial charge is 0.342 e. The number of esters is 1. The van der Waals surface area contributed by atoms with Crippen molar-refractivity contribution in [2.75, 3.05) is 13.2 Å². The average Bonchev–Trinajstić information content (AvgIpc) is 2.98. The van der Waals surface area contributed by atoms with Gasteiger partial charge < -0.3 is 14.6 Å². The first kappa shape index (κ1) is 11.6. The van der Waals surface area contributed by atoms with Crippen molar-refractivity contribution < 1.29 is 24.2 Å². The summed E-state index contributed by atoms with van der Waals surface area (Å²) < 4.78 is 10.8. The molecule has 5 nitrogen and oxygen atoms in total.